The fraction of sp³-hybridized carbons (Fsp3) is 0.0566. The van der Waals surface area contributed by atoms with Crippen LogP contribution in [-0.4, -0.2) is 14.5 Å². The van der Waals surface area contributed by atoms with Crippen LogP contribution >= 0.6 is 0 Å². The molecule has 0 saturated heterocycles. The van der Waals surface area contributed by atoms with Crippen LogP contribution in [0.4, 0.5) is 0 Å². The molecule has 8 aromatic carbocycles. The van der Waals surface area contributed by atoms with E-state index < -0.39 is 0 Å². The van der Waals surface area contributed by atoms with Gasteiger partial charge in [0.15, 0.2) is 5.82 Å². The molecule has 4 nitrogen and oxygen atoms in total. The van der Waals surface area contributed by atoms with Crippen LogP contribution in [-0.2, 0) is 5.41 Å². The fourth-order valence-corrected chi connectivity index (χ4v) is 9.55. The normalized spacial score (nSPS) is 13.2. The zero-order chi connectivity index (χ0) is 37.8. The Balaban J connectivity index is 1.05. The molecule has 0 radical (unpaired) electrons. The maximum Gasteiger partial charge on any atom is 0.161 e. The molecule has 0 fully saturated rings. The van der Waals surface area contributed by atoms with Crippen LogP contribution in [0.25, 0.3) is 105 Å². The second kappa shape index (κ2) is 11.8. The third-order valence-corrected chi connectivity index (χ3v) is 12.2. The first-order valence-corrected chi connectivity index (χ1v) is 19.6. The maximum absolute atomic E-state index is 6.55. The topological polar surface area (TPSA) is 43.9 Å². The molecule has 0 atom stereocenters. The van der Waals surface area contributed by atoms with E-state index in [9.17, 15) is 0 Å². The molecule has 11 aromatic rings. The molecule has 0 amide bonds. The van der Waals surface area contributed by atoms with Crippen molar-refractivity contribution in [2.24, 2.45) is 0 Å². The summed E-state index contributed by atoms with van der Waals surface area (Å²) in [6, 6.07) is 62.8. The fourth-order valence-electron chi connectivity index (χ4n) is 9.55. The van der Waals surface area contributed by atoms with Gasteiger partial charge in [-0.2, -0.15) is 0 Å². The van der Waals surface area contributed by atoms with Crippen LogP contribution in [0.3, 0.4) is 0 Å². The highest BCUT2D eigenvalue weighted by molar-refractivity contribution is 6.14. The molecular formula is C53H35N3O. The average Bonchev–Trinajstić information content (AvgIpc) is 3.88. The molecule has 0 N–H and O–H groups in total. The molecule has 1 aliphatic carbocycles. The second-order valence-electron chi connectivity index (χ2n) is 15.7. The lowest BCUT2D eigenvalue weighted by Crippen LogP contribution is -2.14. The van der Waals surface area contributed by atoms with Crippen molar-refractivity contribution in [3.05, 3.63) is 187 Å². The Kier molecular flexibility index (Phi) is 6.65. The number of para-hydroxylation sites is 3. The number of fused-ring (bicyclic) bond motifs is 10. The van der Waals surface area contributed by atoms with Gasteiger partial charge in [0.05, 0.1) is 22.2 Å². The van der Waals surface area contributed by atoms with Crippen molar-refractivity contribution in [2.75, 3.05) is 0 Å². The number of benzene rings is 8. The summed E-state index contributed by atoms with van der Waals surface area (Å²) in [5.41, 5.74) is 16.5. The van der Waals surface area contributed by atoms with Crippen LogP contribution < -0.4 is 0 Å². The molecule has 0 unspecified atom stereocenters. The molecule has 3 aromatic heterocycles. The zero-order valence-electron chi connectivity index (χ0n) is 31.5. The molecule has 1 aliphatic rings. The largest absolute Gasteiger partial charge is 0.456 e. The first kappa shape index (κ1) is 32.0. The smallest absolute Gasteiger partial charge is 0.161 e. The van der Waals surface area contributed by atoms with Gasteiger partial charge < -0.3 is 8.98 Å². The Hall–Kier alpha value is -7.30. The standard InChI is InChI=1S/C53H35N3O/c1-53(2)42-21-9-6-17-36(42)49-38(19-12-22-43(49)53)51-37-18-7-10-23-44(37)54-52(55-51)39-20-13-25-48-50(39)41-31-33(27-29-47(41)57-48)32-26-28-46-40(30-32)35-16-8-11-24-45(35)56(46)34-14-4-3-5-15-34/h3-31H,1-2H3. The van der Waals surface area contributed by atoms with Gasteiger partial charge in [0.25, 0.3) is 0 Å². The summed E-state index contributed by atoms with van der Waals surface area (Å²) >= 11 is 0. The van der Waals surface area contributed by atoms with E-state index in [1.54, 1.807) is 0 Å². The predicted molar refractivity (Wildman–Crippen MR) is 235 cm³/mol. The minimum Gasteiger partial charge on any atom is -0.456 e. The molecule has 3 heterocycles. The summed E-state index contributed by atoms with van der Waals surface area (Å²) in [5, 5.41) is 5.55. The Labute approximate surface area is 329 Å². The Morgan fingerprint density at radius 3 is 2.04 bits per heavy atom. The first-order valence-electron chi connectivity index (χ1n) is 19.6. The van der Waals surface area contributed by atoms with Crippen LogP contribution in [0.15, 0.2) is 180 Å². The van der Waals surface area contributed by atoms with E-state index in [-0.39, 0.29) is 5.41 Å². The van der Waals surface area contributed by atoms with Gasteiger partial charge in [-0.3, -0.25) is 0 Å². The minimum absolute atomic E-state index is 0.115. The van der Waals surface area contributed by atoms with Gasteiger partial charge in [0.1, 0.15) is 11.2 Å². The van der Waals surface area contributed by atoms with Crippen molar-refractivity contribution in [3.8, 4) is 50.6 Å². The molecule has 0 saturated carbocycles. The lowest BCUT2D eigenvalue weighted by atomic mass is 9.82. The van der Waals surface area contributed by atoms with Gasteiger partial charge >= 0.3 is 0 Å². The summed E-state index contributed by atoms with van der Waals surface area (Å²) in [6.45, 7) is 4.65. The number of hydrogen-bond acceptors (Lipinski definition) is 3. The Morgan fingerprint density at radius 2 is 1.14 bits per heavy atom. The highest BCUT2D eigenvalue weighted by Crippen LogP contribution is 2.52. The van der Waals surface area contributed by atoms with Crippen LogP contribution in [0.1, 0.15) is 25.0 Å². The SMILES string of the molecule is CC1(C)c2ccccc2-c2c(-c3nc(-c4cccc5oc6ccc(-c7ccc8c(c7)c7ccccc7n8-c7ccccc7)cc6c45)nc4ccccc34)cccc21. The van der Waals surface area contributed by atoms with Gasteiger partial charge in [0, 0.05) is 49.2 Å². The third-order valence-electron chi connectivity index (χ3n) is 12.2. The number of hydrogen-bond donors (Lipinski definition) is 0. The van der Waals surface area contributed by atoms with Crippen molar-refractivity contribution in [1.82, 2.24) is 14.5 Å². The lowest BCUT2D eigenvalue weighted by molar-refractivity contribution is 0.660. The highest BCUT2D eigenvalue weighted by Gasteiger charge is 2.37. The highest BCUT2D eigenvalue weighted by atomic mass is 16.3. The Bertz CT molecular complexity index is 3440. The molecule has 0 bridgehead atoms. The van der Waals surface area contributed by atoms with Crippen LogP contribution in [0.2, 0.25) is 0 Å². The van der Waals surface area contributed by atoms with Crippen molar-refractivity contribution in [1.29, 1.82) is 0 Å². The van der Waals surface area contributed by atoms with Gasteiger partial charge in [-0.25, -0.2) is 9.97 Å². The van der Waals surface area contributed by atoms with Crippen molar-refractivity contribution in [2.45, 2.75) is 19.3 Å². The van der Waals surface area contributed by atoms with Crippen molar-refractivity contribution < 1.29 is 4.42 Å². The van der Waals surface area contributed by atoms with Gasteiger partial charge in [-0.15, -0.1) is 0 Å². The van der Waals surface area contributed by atoms with Gasteiger partial charge in [-0.1, -0.05) is 135 Å². The maximum atomic E-state index is 6.55. The van der Waals surface area contributed by atoms with Crippen molar-refractivity contribution >= 4 is 54.6 Å². The van der Waals surface area contributed by atoms with E-state index >= 15 is 0 Å². The van der Waals surface area contributed by atoms with E-state index in [0.29, 0.717) is 5.82 Å². The van der Waals surface area contributed by atoms with E-state index in [1.165, 1.54) is 44.1 Å². The molecular weight excluding hydrogens is 695 g/mol. The lowest BCUT2D eigenvalue weighted by Gasteiger charge is -2.21. The van der Waals surface area contributed by atoms with Gasteiger partial charge in [0.2, 0.25) is 0 Å². The second-order valence-corrected chi connectivity index (χ2v) is 15.7. The third kappa shape index (κ3) is 4.62. The first-order chi connectivity index (χ1) is 28.0. The molecule has 4 heteroatoms. The van der Waals surface area contributed by atoms with E-state index in [0.717, 1.165) is 66.5 Å². The summed E-state index contributed by atoms with van der Waals surface area (Å²) in [7, 11) is 0. The van der Waals surface area contributed by atoms with E-state index in [1.807, 2.05) is 6.07 Å². The van der Waals surface area contributed by atoms with E-state index in [4.69, 9.17) is 14.4 Å². The number of rotatable bonds is 4. The summed E-state index contributed by atoms with van der Waals surface area (Å²) in [6.07, 6.45) is 0. The molecule has 268 valence electrons. The summed E-state index contributed by atoms with van der Waals surface area (Å²) in [5.74, 6) is 0.681. The summed E-state index contributed by atoms with van der Waals surface area (Å²) < 4.78 is 8.91. The molecule has 12 rings (SSSR count). The van der Waals surface area contributed by atoms with Gasteiger partial charge in [-0.05, 0) is 88.0 Å². The number of aromatic nitrogens is 3. The Morgan fingerprint density at radius 1 is 0.474 bits per heavy atom. The van der Waals surface area contributed by atoms with Crippen LogP contribution in [0, 0.1) is 0 Å². The quantitative estimate of drug-likeness (QED) is 0.181. The molecule has 0 spiro atoms. The minimum atomic E-state index is -0.115. The predicted octanol–water partition coefficient (Wildman–Crippen LogP) is 13.9. The number of nitrogens with zero attached hydrogens (tertiary/aromatic N) is 3. The monoisotopic (exact) mass is 729 g/mol. The van der Waals surface area contributed by atoms with Crippen molar-refractivity contribution in [3.63, 3.8) is 0 Å². The van der Waals surface area contributed by atoms with Crippen LogP contribution in [0.5, 0.6) is 0 Å². The average molecular weight is 730 g/mol. The number of furan rings is 1. The summed E-state index contributed by atoms with van der Waals surface area (Å²) in [4.78, 5) is 10.7. The zero-order valence-corrected chi connectivity index (χ0v) is 31.5. The molecule has 0 aliphatic heterocycles. The molecule has 57 heavy (non-hydrogen) atoms. The van der Waals surface area contributed by atoms with E-state index in [2.05, 4.69) is 188 Å².